The van der Waals surface area contributed by atoms with Crippen LogP contribution in [-0.2, 0) is 14.3 Å². The summed E-state index contributed by atoms with van der Waals surface area (Å²) in [5, 5.41) is 23.8. The van der Waals surface area contributed by atoms with E-state index in [9.17, 15) is 19.8 Å². The fourth-order valence-electron chi connectivity index (χ4n) is 7.30. The van der Waals surface area contributed by atoms with Gasteiger partial charge in [-0.05, 0) is 64.2 Å². The van der Waals surface area contributed by atoms with Gasteiger partial charge >= 0.3 is 5.97 Å². The maximum absolute atomic E-state index is 13.2. The van der Waals surface area contributed by atoms with Crippen molar-refractivity contribution in [3.8, 4) is 0 Å². The van der Waals surface area contributed by atoms with Gasteiger partial charge in [-0.25, -0.2) is 0 Å². The second-order valence-electron chi connectivity index (χ2n) is 17.4. The van der Waals surface area contributed by atoms with Crippen molar-refractivity contribution in [2.24, 2.45) is 0 Å². The lowest BCUT2D eigenvalue weighted by Gasteiger charge is -2.24. The van der Waals surface area contributed by atoms with Crippen LogP contribution in [0.1, 0.15) is 213 Å². The summed E-state index contributed by atoms with van der Waals surface area (Å²) in [6.45, 7) is 6.23. The van der Waals surface area contributed by atoms with Crippen LogP contribution in [0.4, 0.5) is 0 Å². The van der Waals surface area contributed by atoms with Crippen LogP contribution in [0.2, 0.25) is 0 Å². The lowest BCUT2D eigenvalue weighted by molar-refractivity contribution is -0.151. The molecule has 3 N–H and O–H groups in total. The van der Waals surface area contributed by atoms with Gasteiger partial charge < -0.3 is 20.3 Å². The average molecular weight is 900 g/mol. The van der Waals surface area contributed by atoms with Gasteiger partial charge in [0, 0.05) is 6.42 Å². The van der Waals surface area contributed by atoms with Crippen molar-refractivity contribution in [3.63, 3.8) is 0 Å². The second-order valence-corrected chi connectivity index (χ2v) is 17.4. The molecule has 0 aliphatic rings. The number of carbonyl (C=O) groups is 2. The van der Waals surface area contributed by atoms with E-state index in [1.54, 1.807) is 0 Å². The van der Waals surface area contributed by atoms with Crippen LogP contribution in [-0.4, -0.2) is 46.9 Å². The number of amides is 1. The Morgan fingerprint density at radius 1 is 0.462 bits per heavy atom. The van der Waals surface area contributed by atoms with Gasteiger partial charge in [-0.3, -0.25) is 9.59 Å². The van der Waals surface area contributed by atoms with Gasteiger partial charge in [-0.2, -0.15) is 0 Å². The fourth-order valence-corrected chi connectivity index (χ4v) is 7.30. The number of esters is 1. The molecule has 368 valence electrons. The number of hydrogen-bond acceptors (Lipinski definition) is 5. The molecule has 6 nitrogen and oxygen atoms in total. The minimum Gasteiger partial charge on any atom is -0.462 e. The van der Waals surface area contributed by atoms with Gasteiger partial charge in [-0.15, -0.1) is 0 Å². The third-order valence-corrected chi connectivity index (χ3v) is 11.3. The molecular weight excluding hydrogens is 803 g/mol. The number of hydrogen-bond donors (Lipinski definition) is 3. The van der Waals surface area contributed by atoms with E-state index >= 15 is 0 Å². The van der Waals surface area contributed by atoms with Gasteiger partial charge in [0.15, 0.2) is 0 Å². The van der Waals surface area contributed by atoms with Crippen LogP contribution in [0.3, 0.4) is 0 Å². The fraction of sp³-hybridized carbons (Fsp3) is 0.627. The molecule has 3 atom stereocenters. The number of carbonyl (C=O) groups excluding carboxylic acids is 2. The lowest BCUT2D eigenvalue weighted by atomic mass is 10.0. The lowest BCUT2D eigenvalue weighted by Crippen LogP contribution is -2.46. The minimum absolute atomic E-state index is 0.0239. The molecule has 0 radical (unpaired) electrons. The molecule has 0 aromatic heterocycles. The number of nitrogens with one attached hydrogen (secondary N) is 1. The van der Waals surface area contributed by atoms with Crippen LogP contribution in [0.15, 0.2) is 122 Å². The molecule has 1 amide bonds. The Morgan fingerprint density at radius 2 is 0.862 bits per heavy atom. The minimum atomic E-state index is -0.816. The summed E-state index contributed by atoms with van der Waals surface area (Å²) in [4.78, 5) is 26.2. The van der Waals surface area contributed by atoms with Gasteiger partial charge in [0.25, 0.3) is 0 Å². The van der Waals surface area contributed by atoms with Crippen LogP contribution in [0, 0.1) is 0 Å². The van der Waals surface area contributed by atoms with E-state index < -0.39 is 18.2 Å². The van der Waals surface area contributed by atoms with E-state index in [-0.39, 0.29) is 24.9 Å². The van der Waals surface area contributed by atoms with Crippen LogP contribution < -0.4 is 5.32 Å². The normalized spacial score (nSPS) is 14.2. The molecule has 6 heteroatoms. The number of aliphatic hydroxyl groups excluding tert-OH is 2. The molecule has 0 fully saturated rings. The summed E-state index contributed by atoms with van der Waals surface area (Å²) in [5.41, 5.74) is 0. The van der Waals surface area contributed by atoms with Crippen molar-refractivity contribution in [2.75, 3.05) is 6.61 Å². The Bertz CT molecular complexity index is 1380. The van der Waals surface area contributed by atoms with Gasteiger partial charge in [0.1, 0.15) is 6.10 Å². The SMILES string of the molecule is CC/C=C/C=C/C=C\C=C/C=C/CCCCCC(=O)OC(CCCCC/C=C/C=C/C=C/C=C/C=C/CCC)CC(=O)NC(CO)C(O)CCCCCCCCCCCCCCCCC. The van der Waals surface area contributed by atoms with E-state index in [1.807, 2.05) is 79.0 Å². The first-order chi connectivity index (χ1) is 32.0. The van der Waals surface area contributed by atoms with Crippen LogP contribution in [0.25, 0.3) is 0 Å². The Balaban J connectivity index is 4.77. The standard InChI is InChI=1S/C59H97NO5/c1-4-7-10-13-16-19-22-25-28-31-32-35-38-41-44-47-50-55(65-59(64)52-49-46-43-40-37-34-30-27-24-21-18-15-12-9-6-3)53-58(63)60-56(54-61)57(62)51-48-45-42-39-36-33-29-26-23-20-17-14-11-8-5-2/h9-10,12-13,15-16,18-19,21-22,24-25,27-28,30-32,34-35,37,55-57,61-62H,4-8,11,14,17,20,23,26,29,33,36,38-54H2,1-3H3,(H,60,63)/b12-9+,13-10+,18-15+,19-16+,24-21-,25-22+,30-27-,31-28+,35-32+,37-34+. The maximum Gasteiger partial charge on any atom is 0.306 e. The van der Waals surface area contributed by atoms with Crippen molar-refractivity contribution >= 4 is 11.9 Å². The number of ether oxygens (including phenoxy) is 1. The Hall–Kier alpha value is -3.74. The summed E-state index contributed by atoms with van der Waals surface area (Å²) in [6.07, 6.45) is 71.0. The first-order valence-electron chi connectivity index (χ1n) is 26.4. The zero-order valence-corrected chi connectivity index (χ0v) is 41.8. The molecule has 0 spiro atoms. The zero-order valence-electron chi connectivity index (χ0n) is 41.8. The van der Waals surface area contributed by atoms with Crippen molar-refractivity contribution in [1.82, 2.24) is 5.32 Å². The topological polar surface area (TPSA) is 95.9 Å². The molecule has 0 aromatic rings. The Morgan fingerprint density at radius 3 is 1.32 bits per heavy atom. The molecule has 65 heavy (non-hydrogen) atoms. The molecule has 0 aromatic carbocycles. The highest BCUT2D eigenvalue weighted by atomic mass is 16.5. The molecule has 0 rings (SSSR count). The molecular formula is C59H97NO5. The van der Waals surface area contributed by atoms with Crippen molar-refractivity contribution in [1.29, 1.82) is 0 Å². The van der Waals surface area contributed by atoms with Gasteiger partial charge in [-0.1, -0.05) is 258 Å². The first kappa shape index (κ1) is 61.3. The molecule has 0 saturated heterocycles. The smallest absolute Gasteiger partial charge is 0.306 e. The average Bonchev–Trinajstić information content (AvgIpc) is 3.30. The highest BCUT2D eigenvalue weighted by molar-refractivity contribution is 5.77. The van der Waals surface area contributed by atoms with E-state index in [0.717, 1.165) is 89.9 Å². The van der Waals surface area contributed by atoms with Crippen molar-refractivity contribution < 1.29 is 24.5 Å². The number of rotatable bonds is 45. The van der Waals surface area contributed by atoms with Crippen LogP contribution >= 0.6 is 0 Å². The monoisotopic (exact) mass is 900 g/mol. The molecule has 3 unspecified atom stereocenters. The third kappa shape index (κ3) is 46.6. The second kappa shape index (κ2) is 51.2. The number of aliphatic hydroxyl groups is 2. The summed E-state index contributed by atoms with van der Waals surface area (Å²) >= 11 is 0. The predicted molar refractivity (Wildman–Crippen MR) is 282 cm³/mol. The van der Waals surface area contributed by atoms with Gasteiger partial charge in [0.2, 0.25) is 5.91 Å². The molecule has 0 bridgehead atoms. The molecule has 0 saturated carbocycles. The zero-order chi connectivity index (χ0) is 47.4. The molecule has 0 heterocycles. The number of unbranched alkanes of at least 4 members (excludes halogenated alkanes) is 21. The van der Waals surface area contributed by atoms with E-state index in [1.165, 1.54) is 77.0 Å². The summed E-state index contributed by atoms with van der Waals surface area (Å²) < 4.78 is 5.90. The third-order valence-electron chi connectivity index (χ3n) is 11.3. The van der Waals surface area contributed by atoms with E-state index in [0.29, 0.717) is 19.3 Å². The highest BCUT2D eigenvalue weighted by Crippen LogP contribution is 2.17. The Labute approximate surface area is 400 Å². The predicted octanol–water partition coefficient (Wildman–Crippen LogP) is 16.1. The first-order valence-corrected chi connectivity index (χ1v) is 26.4. The summed E-state index contributed by atoms with van der Waals surface area (Å²) in [7, 11) is 0. The van der Waals surface area contributed by atoms with Crippen molar-refractivity contribution in [3.05, 3.63) is 122 Å². The Kier molecular flexibility index (Phi) is 48.3. The van der Waals surface area contributed by atoms with Crippen LogP contribution in [0.5, 0.6) is 0 Å². The van der Waals surface area contributed by atoms with E-state index in [4.69, 9.17) is 4.74 Å². The summed E-state index contributed by atoms with van der Waals surface area (Å²) in [6, 6.07) is -0.734. The molecule has 0 aliphatic carbocycles. The summed E-state index contributed by atoms with van der Waals surface area (Å²) in [5.74, 6) is -0.576. The molecule has 0 aliphatic heterocycles. The highest BCUT2D eigenvalue weighted by Gasteiger charge is 2.24. The van der Waals surface area contributed by atoms with Gasteiger partial charge in [0.05, 0.1) is 25.2 Å². The maximum atomic E-state index is 13.2. The van der Waals surface area contributed by atoms with Crippen molar-refractivity contribution in [2.45, 2.75) is 232 Å². The quantitative estimate of drug-likeness (QED) is 0.0321. The van der Waals surface area contributed by atoms with E-state index in [2.05, 4.69) is 68.6 Å². The largest absolute Gasteiger partial charge is 0.462 e. The number of allylic oxidation sites excluding steroid dienone is 20.